The largest absolute Gasteiger partial charge is 0.497 e. The topological polar surface area (TPSA) is 78.3 Å². The van der Waals surface area contributed by atoms with E-state index in [-0.39, 0.29) is 17.8 Å². The summed E-state index contributed by atoms with van der Waals surface area (Å²) in [6.45, 7) is 16.3. The number of carbonyl (C=O) groups excluding carboxylic acids is 1. The first kappa shape index (κ1) is 28.1. The van der Waals surface area contributed by atoms with Crippen LogP contribution in [-0.2, 0) is 11.3 Å². The van der Waals surface area contributed by atoms with Crippen molar-refractivity contribution in [3.05, 3.63) is 65.8 Å². The summed E-state index contributed by atoms with van der Waals surface area (Å²) >= 11 is 0. The van der Waals surface area contributed by atoms with Crippen molar-refractivity contribution in [1.82, 2.24) is 15.5 Å². The summed E-state index contributed by atoms with van der Waals surface area (Å²) < 4.78 is 5.26. The van der Waals surface area contributed by atoms with Gasteiger partial charge in [0, 0.05) is 18.2 Å². The third kappa shape index (κ3) is 9.91. The van der Waals surface area contributed by atoms with Gasteiger partial charge in [-0.25, -0.2) is 0 Å². The fourth-order valence-electron chi connectivity index (χ4n) is 3.66. The van der Waals surface area contributed by atoms with Gasteiger partial charge in [-0.1, -0.05) is 56.4 Å². The molecule has 0 saturated heterocycles. The molecule has 1 aromatic carbocycles. The van der Waals surface area contributed by atoms with Gasteiger partial charge in [0.2, 0.25) is 0 Å². The third-order valence-electron chi connectivity index (χ3n) is 5.77. The quantitative estimate of drug-likeness (QED) is 0.414. The summed E-state index contributed by atoms with van der Waals surface area (Å²) in [5.74, 6) is 1.48. The van der Waals surface area contributed by atoms with Crippen LogP contribution < -0.4 is 15.4 Å². The van der Waals surface area contributed by atoms with Gasteiger partial charge >= 0.3 is 0 Å². The van der Waals surface area contributed by atoms with Crippen molar-refractivity contribution in [3.8, 4) is 5.75 Å². The van der Waals surface area contributed by atoms with Crippen LogP contribution in [0, 0.1) is 0 Å². The number of ether oxygens (including phenoxy) is 1. The highest BCUT2D eigenvalue weighted by Gasteiger charge is 2.21. The molecule has 1 amide bonds. The first-order valence-corrected chi connectivity index (χ1v) is 12.4. The van der Waals surface area contributed by atoms with Gasteiger partial charge in [0.25, 0.3) is 5.91 Å². The van der Waals surface area contributed by atoms with E-state index in [1.807, 2.05) is 49.4 Å². The Hall–Kier alpha value is -3.19. The number of amidine groups is 2. The van der Waals surface area contributed by atoms with E-state index in [1.54, 1.807) is 7.11 Å². The molecule has 1 unspecified atom stereocenters. The Labute approximate surface area is 210 Å². The summed E-state index contributed by atoms with van der Waals surface area (Å²) in [7, 11) is 1.63. The zero-order valence-electron chi connectivity index (χ0n) is 21.9. The number of aliphatic imine (C=N–C) groups is 2. The molecule has 0 spiro atoms. The number of amides is 1. The van der Waals surface area contributed by atoms with Crippen LogP contribution in [0.5, 0.6) is 5.75 Å². The molecular formula is C28H41N5O2. The molecule has 1 aromatic rings. The van der Waals surface area contributed by atoms with Gasteiger partial charge in [-0.3, -0.25) is 14.8 Å². The number of benzene rings is 1. The van der Waals surface area contributed by atoms with E-state index < -0.39 is 0 Å². The van der Waals surface area contributed by atoms with Gasteiger partial charge in [-0.05, 0) is 64.0 Å². The standard InChI is InChI=1S/C28H41N5O2/c1-7-33(8-2)17-11-13-22(5)31-26-24(15-9-12-21(3)4)20-29-27(32-26)28(34)30-19-23-14-10-16-25(18-23)35-6/h9-10,12,14-16,18,22H,3,7-8,11,13,17,19-20H2,1-2,4-6H3,(H,30,34)(H,29,31,32)/b12-9-,24-15+. The molecule has 1 atom stereocenters. The van der Waals surface area contributed by atoms with E-state index in [4.69, 9.17) is 9.73 Å². The minimum atomic E-state index is -0.258. The monoisotopic (exact) mass is 479 g/mol. The lowest BCUT2D eigenvalue weighted by molar-refractivity contribution is -0.115. The summed E-state index contributed by atoms with van der Waals surface area (Å²) in [5.41, 5.74) is 2.87. The van der Waals surface area contributed by atoms with Crippen molar-refractivity contribution in [3.63, 3.8) is 0 Å². The molecule has 0 fully saturated rings. The van der Waals surface area contributed by atoms with Gasteiger partial charge < -0.3 is 20.3 Å². The number of nitrogens with zero attached hydrogens (tertiary/aromatic N) is 3. The molecule has 0 aliphatic carbocycles. The Bertz CT molecular complexity index is 973. The summed E-state index contributed by atoms with van der Waals surface area (Å²) in [4.78, 5) is 24.7. The predicted molar refractivity (Wildman–Crippen MR) is 146 cm³/mol. The number of allylic oxidation sites excluding steroid dienone is 4. The van der Waals surface area contributed by atoms with Gasteiger partial charge in [-0.15, -0.1) is 0 Å². The maximum atomic E-state index is 12.8. The predicted octanol–water partition coefficient (Wildman–Crippen LogP) is 4.28. The number of methoxy groups -OCH3 is 1. The van der Waals surface area contributed by atoms with Gasteiger partial charge in [0.1, 0.15) is 11.6 Å². The zero-order valence-corrected chi connectivity index (χ0v) is 21.9. The van der Waals surface area contributed by atoms with Crippen molar-refractivity contribution in [1.29, 1.82) is 0 Å². The van der Waals surface area contributed by atoms with Crippen LogP contribution in [0.15, 0.2) is 70.2 Å². The summed E-state index contributed by atoms with van der Waals surface area (Å²) in [6, 6.07) is 7.75. The molecule has 0 bridgehead atoms. The number of rotatable bonds is 13. The Morgan fingerprint density at radius 2 is 2.14 bits per heavy atom. The van der Waals surface area contributed by atoms with E-state index in [1.165, 1.54) is 0 Å². The molecule has 1 aliphatic rings. The lowest BCUT2D eigenvalue weighted by Crippen LogP contribution is -2.46. The molecule has 1 aliphatic heterocycles. The molecule has 1 heterocycles. The van der Waals surface area contributed by atoms with E-state index in [9.17, 15) is 4.79 Å². The number of carbonyl (C=O) groups is 1. The highest BCUT2D eigenvalue weighted by Crippen LogP contribution is 2.13. The molecule has 2 N–H and O–H groups in total. The lowest BCUT2D eigenvalue weighted by Gasteiger charge is -2.21. The Balaban J connectivity index is 2.09. The summed E-state index contributed by atoms with van der Waals surface area (Å²) in [6.07, 6.45) is 7.93. The minimum absolute atomic E-state index is 0.126. The molecule has 0 radical (unpaired) electrons. The van der Waals surface area contributed by atoms with Crippen molar-refractivity contribution in [2.75, 3.05) is 33.3 Å². The van der Waals surface area contributed by atoms with Crippen LogP contribution in [0.3, 0.4) is 0 Å². The van der Waals surface area contributed by atoms with Gasteiger partial charge in [-0.2, -0.15) is 0 Å². The van der Waals surface area contributed by atoms with E-state index in [2.05, 4.69) is 47.9 Å². The molecule has 7 nitrogen and oxygen atoms in total. The molecule has 2 rings (SSSR count). The van der Waals surface area contributed by atoms with Crippen LogP contribution in [0.2, 0.25) is 0 Å². The van der Waals surface area contributed by atoms with E-state index in [0.717, 1.165) is 54.9 Å². The number of nitrogens with one attached hydrogen (secondary N) is 2. The molecule has 7 heteroatoms. The highest BCUT2D eigenvalue weighted by atomic mass is 16.5. The average Bonchev–Trinajstić information content (AvgIpc) is 2.86. The molecule has 190 valence electrons. The van der Waals surface area contributed by atoms with Crippen LogP contribution in [0.1, 0.15) is 46.1 Å². The van der Waals surface area contributed by atoms with Gasteiger partial charge in [0.15, 0.2) is 5.84 Å². The van der Waals surface area contributed by atoms with Crippen LogP contribution >= 0.6 is 0 Å². The molecule has 35 heavy (non-hydrogen) atoms. The Kier molecular flexibility index (Phi) is 12.0. The smallest absolute Gasteiger partial charge is 0.287 e. The Morgan fingerprint density at radius 1 is 1.37 bits per heavy atom. The lowest BCUT2D eigenvalue weighted by atomic mass is 10.1. The number of hydrogen-bond acceptors (Lipinski definition) is 5. The fourth-order valence-corrected chi connectivity index (χ4v) is 3.66. The van der Waals surface area contributed by atoms with Crippen molar-refractivity contribution < 1.29 is 9.53 Å². The second-order valence-electron chi connectivity index (χ2n) is 8.72. The molecule has 0 aromatic heterocycles. The maximum absolute atomic E-state index is 12.8. The van der Waals surface area contributed by atoms with Gasteiger partial charge in [0.05, 0.1) is 13.7 Å². The second-order valence-corrected chi connectivity index (χ2v) is 8.72. The van der Waals surface area contributed by atoms with Crippen LogP contribution in [0.4, 0.5) is 0 Å². The molecule has 0 saturated carbocycles. The third-order valence-corrected chi connectivity index (χ3v) is 5.77. The molecular weight excluding hydrogens is 438 g/mol. The van der Waals surface area contributed by atoms with E-state index >= 15 is 0 Å². The first-order valence-electron chi connectivity index (χ1n) is 12.4. The second kappa shape index (κ2) is 14.9. The SMILES string of the molecule is C=C(C)/C=C\C=C1/CN=C(C(=O)NCc2cccc(OC)c2)NC1=NC(C)CCCN(CC)CC. The highest BCUT2D eigenvalue weighted by molar-refractivity contribution is 6.42. The average molecular weight is 480 g/mol. The number of hydrogen-bond donors (Lipinski definition) is 2. The van der Waals surface area contributed by atoms with Crippen molar-refractivity contribution >= 4 is 17.6 Å². The minimum Gasteiger partial charge on any atom is -0.497 e. The summed E-state index contributed by atoms with van der Waals surface area (Å²) in [5, 5.41) is 6.11. The van der Waals surface area contributed by atoms with Crippen molar-refractivity contribution in [2.45, 2.75) is 53.1 Å². The maximum Gasteiger partial charge on any atom is 0.287 e. The van der Waals surface area contributed by atoms with Crippen LogP contribution in [-0.4, -0.2) is 61.8 Å². The normalized spacial score (nSPS) is 16.9. The van der Waals surface area contributed by atoms with E-state index in [0.29, 0.717) is 18.9 Å². The first-order chi connectivity index (χ1) is 16.9. The van der Waals surface area contributed by atoms with Crippen LogP contribution in [0.25, 0.3) is 0 Å². The zero-order chi connectivity index (χ0) is 25.6. The fraction of sp³-hybridized carbons (Fsp3) is 0.464. The van der Waals surface area contributed by atoms with Crippen molar-refractivity contribution in [2.24, 2.45) is 9.98 Å². The Morgan fingerprint density at radius 3 is 2.83 bits per heavy atom.